The Labute approximate surface area is 106 Å². The lowest BCUT2D eigenvalue weighted by molar-refractivity contribution is 0.468. The Balaban J connectivity index is 2.04. The van der Waals surface area contributed by atoms with Gasteiger partial charge in [0.2, 0.25) is 0 Å². The lowest BCUT2D eigenvalue weighted by Crippen LogP contribution is -2.25. The van der Waals surface area contributed by atoms with Gasteiger partial charge in [-0.25, -0.2) is 0 Å². The van der Waals surface area contributed by atoms with Crippen molar-refractivity contribution in [3.8, 4) is 0 Å². The smallest absolute Gasteiger partial charge is 0.00684 e. The fourth-order valence-corrected chi connectivity index (χ4v) is 2.53. The molecule has 1 nitrogen and oxygen atoms in total. The summed E-state index contributed by atoms with van der Waals surface area (Å²) in [6, 6.07) is 9.66. The monoisotopic (exact) mass is 231 g/mol. The van der Waals surface area contributed by atoms with Crippen LogP contribution >= 0.6 is 0 Å². The summed E-state index contributed by atoms with van der Waals surface area (Å²) in [6.07, 6.45) is 4.04. The highest BCUT2D eigenvalue weighted by molar-refractivity contribution is 5.29. The molecule has 1 aliphatic rings. The fraction of sp³-hybridized carbons (Fsp3) is 0.625. The molecule has 1 fully saturated rings. The molecule has 1 aliphatic carbocycles. The van der Waals surface area contributed by atoms with Crippen molar-refractivity contribution in [1.29, 1.82) is 0 Å². The van der Waals surface area contributed by atoms with E-state index in [0.717, 1.165) is 18.5 Å². The lowest BCUT2D eigenvalue weighted by atomic mass is 9.87. The molecule has 0 aliphatic heterocycles. The first-order valence-corrected chi connectivity index (χ1v) is 6.95. The minimum absolute atomic E-state index is 0.678. The predicted molar refractivity (Wildman–Crippen MR) is 74.4 cm³/mol. The predicted octanol–water partition coefficient (Wildman–Crippen LogP) is 3.88. The molecule has 1 aromatic carbocycles. The number of rotatable bonds is 6. The maximum atomic E-state index is 3.69. The third-order valence-corrected chi connectivity index (χ3v) is 3.61. The highest BCUT2D eigenvalue weighted by Gasteiger charge is 2.23. The van der Waals surface area contributed by atoms with Gasteiger partial charge in [-0.1, -0.05) is 38.1 Å². The van der Waals surface area contributed by atoms with Crippen LogP contribution in [0.4, 0.5) is 0 Å². The second kappa shape index (κ2) is 5.68. The van der Waals surface area contributed by atoms with Crippen molar-refractivity contribution in [1.82, 2.24) is 5.32 Å². The normalized spacial score (nSPS) is 17.4. The fourth-order valence-electron chi connectivity index (χ4n) is 2.53. The Morgan fingerprint density at radius 3 is 2.53 bits per heavy atom. The zero-order valence-electron chi connectivity index (χ0n) is 11.4. The van der Waals surface area contributed by atoms with Gasteiger partial charge in [-0.2, -0.15) is 0 Å². The maximum absolute atomic E-state index is 3.69. The van der Waals surface area contributed by atoms with E-state index in [4.69, 9.17) is 0 Å². The Kier molecular flexibility index (Phi) is 4.22. The van der Waals surface area contributed by atoms with Crippen molar-refractivity contribution in [2.75, 3.05) is 6.54 Å². The Morgan fingerprint density at radius 1 is 1.24 bits per heavy atom. The summed E-state index contributed by atoms with van der Waals surface area (Å²) in [5.41, 5.74) is 2.98. The zero-order chi connectivity index (χ0) is 12.3. The minimum atomic E-state index is 0.678. The molecule has 1 unspecified atom stereocenters. The second-order valence-electron chi connectivity index (χ2n) is 5.87. The van der Waals surface area contributed by atoms with Crippen LogP contribution in [0.15, 0.2) is 24.3 Å². The standard InChI is InChI=1S/C16H25N/c1-12(2)10-14(11-17-15-8-9-15)16-7-5-4-6-13(16)3/h4-7,12,14-15,17H,8-11H2,1-3H3. The van der Waals surface area contributed by atoms with Crippen LogP contribution in [0.25, 0.3) is 0 Å². The van der Waals surface area contributed by atoms with Gasteiger partial charge in [0, 0.05) is 12.6 Å². The molecule has 0 heterocycles. The van der Waals surface area contributed by atoms with Crippen LogP contribution in [0.1, 0.15) is 50.2 Å². The molecule has 1 saturated carbocycles. The van der Waals surface area contributed by atoms with Crippen molar-refractivity contribution < 1.29 is 0 Å². The molecule has 1 heteroatoms. The van der Waals surface area contributed by atoms with Crippen molar-refractivity contribution >= 4 is 0 Å². The van der Waals surface area contributed by atoms with Crippen molar-refractivity contribution in [2.45, 2.75) is 52.0 Å². The second-order valence-corrected chi connectivity index (χ2v) is 5.87. The molecule has 1 atom stereocenters. The summed E-state index contributed by atoms with van der Waals surface area (Å²) in [6.45, 7) is 8.03. The van der Waals surface area contributed by atoms with E-state index < -0.39 is 0 Å². The highest BCUT2D eigenvalue weighted by atomic mass is 14.9. The van der Waals surface area contributed by atoms with Crippen LogP contribution in [-0.2, 0) is 0 Å². The molecule has 0 spiro atoms. The summed E-state index contributed by atoms with van der Waals surface area (Å²) < 4.78 is 0. The van der Waals surface area contributed by atoms with Gasteiger partial charge in [-0.15, -0.1) is 0 Å². The van der Waals surface area contributed by atoms with Gasteiger partial charge in [-0.3, -0.25) is 0 Å². The largest absolute Gasteiger partial charge is 0.313 e. The average molecular weight is 231 g/mol. The van der Waals surface area contributed by atoms with Gasteiger partial charge >= 0.3 is 0 Å². The van der Waals surface area contributed by atoms with E-state index in [1.165, 1.54) is 30.4 Å². The maximum Gasteiger partial charge on any atom is 0.00684 e. The highest BCUT2D eigenvalue weighted by Crippen LogP contribution is 2.27. The van der Waals surface area contributed by atoms with E-state index in [2.05, 4.69) is 50.4 Å². The summed E-state index contributed by atoms with van der Waals surface area (Å²) in [5, 5.41) is 3.69. The Morgan fingerprint density at radius 2 is 1.94 bits per heavy atom. The molecule has 0 aromatic heterocycles. The van der Waals surface area contributed by atoms with Gasteiger partial charge in [0.05, 0.1) is 0 Å². The zero-order valence-corrected chi connectivity index (χ0v) is 11.4. The number of aryl methyl sites for hydroxylation is 1. The average Bonchev–Trinajstić information content (AvgIpc) is 3.08. The molecule has 0 amide bonds. The molecular weight excluding hydrogens is 206 g/mol. The first kappa shape index (κ1) is 12.6. The van der Waals surface area contributed by atoms with Gasteiger partial charge in [-0.05, 0) is 49.1 Å². The van der Waals surface area contributed by atoms with E-state index in [-0.39, 0.29) is 0 Å². The summed E-state index contributed by atoms with van der Waals surface area (Å²) in [5.74, 6) is 1.44. The molecule has 0 saturated heterocycles. The first-order chi connectivity index (χ1) is 8.16. The van der Waals surface area contributed by atoms with Gasteiger partial charge in [0.15, 0.2) is 0 Å². The minimum Gasteiger partial charge on any atom is -0.313 e. The molecule has 0 radical (unpaired) electrons. The SMILES string of the molecule is Cc1ccccc1C(CNC1CC1)CC(C)C. The van der Waals surface area contributed by atoms with Crippen LogP contribution in [0.3, 0.4) is 0 Å². The third kappa shape index (κ3) is 3.85. The van der Waals surface area contributed by atoms with Crippen molar-refractivity contribution in [3.05, 3.63) is 35.4 Å². The third-order valence-electron chi connectivity index (χ3n) is 3.61. The van der Waals surface area contributed by atoms with Gasteiger partial charge < -0.3 is 5.32 Å². The molecule has 94 valence electrons. The molecule has 2 rings (SSSR count). The van der Waals surface area contributed by atoms with Crippen LogP contribution in [-0.4, -0.2) is 12.6 Å². The van der Waals surface area contributed by atoms with Gasteiger partial charge in [0.1, 0.15) is 0 Å². The van der Waals surface area contributed by atoms with Crippen LogP contribution in [0, 0.1) is 12.8 Å². The molecule has 1 aromatic rings. The molecule has 0 bridgehead atoms. The summed E-state index contributed by atoms with van der Waals surface area (Å²) >= 11 is 0. The van der Waals surface area contributed by atoms with Crippen molar-refractivity contribution in [2.24, 2.45) is 5.92 Å². The topological polar surface area (TPSA) is 12.0 Å². The summed E-state index contributed by atoms with van der Waals surface area (Å²) in [7, 11) is 0. The Bertz CT molecular complexity index is 352. The van der Waals surface area contributed by atoms with E-state index in [0.29, 0.717) is 5.92 Å². The molecule has 17 heavy (non-hydrogen) atoms. The quantitative estimate of drug-likeness (QED) is 0.783. The summed E-state index contributed by atoms with van der Waals surface area (Å²) in [4.78, 5) is 0. The van der Waals surface area contributed by atoms with Crippen LogP contribution in [0.5, 0.6) is 0 Å². The van der Waals surface area contributed by atoms with E-state index in [9.17, 15) is 0 Å². The van der Waals surface area contributed by atoms with Crippen LogP contribution < -0.4 is 5.32 Å². The number of hydrogen-bond acceptors (Lipinski definition) is 1. The number of benzene rings is 1. The van der Waals surface area contributed by atoms with E-state index >= 15 is 0 Å². The van der Waals surface area contributed by atoms with Crippen LogP contribution in [0.2, 0.25) is 0 Å². The van der Waals surface area contributed by atoms with Gasteiger partial charge in [0.25, 0.3) is 0 Å². The Hall–Kier alpha value is -0.820. The van der Waals surface area contributed by atoms with Crippen molar-refractivity contribution in [3.63, 3.8) is 0 Å². The van der Waals surface area contributed by atoms with E-state index in [1.54, 1.807) is 0 Å². The first-order valence-electron chi connectivity index (χ1n) is 6.95. The molecule has 1 N–H and O–H groups in total. The lowest BCUT2D eigenvalue weighted by Gasteiger charge is -2.22. The van der Waals surface area contributed by atoms with E-state index in [1.807, 2.05) is 0 Å². The molecular formula is C16H25N. The number of hydrogen-bond donors (Lipinski definition) is 1. The number of nitrogens with one attached hydrogen (secondary N) is 1.